The summed E-state index contributed by atoms with van der Waals surface area (Å²) in [4.78, 5) is 11.4. The number of hydrogen-bond acceptors (Lipinski definition) is 6. The molecule has 0 fully saturated rings. The summed E-state index contributed by atoms with van der Waals surface area (Å²) in [5.41, 5.74) is -0.192. The van der Waals surface area contributed by atoms with Gasteiger partial charge in [0.05, 0.1) is 10.6 Å². The first kappa shape index (κ1) is 24.3. The van der Waals surface area contributed by atoms with Crippen LogP contribution < -0.4 is 15.4 Å². The van der Waals surface area contributed by atoms with E-state index in [1.165, 1.54) is 24.3 Å². The first-order chi connectivity index (χ1) is 15.4. The predicted octanol–water partition coefficient (Wildman–Crippen LogP) is 5.98. The molecule has 3 aromatic rings. The Morgan fingerprint density at radius 3 is 2.15 bits per heavy atom. The summed E-state index contributed by atoms with van der Waals surface area (Å²) in [6.45, 7) is -1.72. The number of alkyl halides is 6. The van der Waals surface area contributed by atoms with E-state index in [0.717, 1.165) is 18.2 Å². The van der Waals surface area contributed by atoms with Crippen molar-refractivity contribution < 1.29 is 35.5 Å². The van der Waals surface area contributed by atoms with E-state index in [2.05, 4.69) is 30.3 Å². The third-order valence-electron chi connectivity index (χ3n) is 3.89. The van der Waals surface area contributed by atoms with E-state index in [1.54, 1.807) is 0 Å². The van der Waals surface area contributed by atoms with Gasteiger partial charge in [-0.05, 0) is 35.9 Å². The van der Waals surface area contributed by atoms with E-state index in [9.17, 15) is 30.7 Å². The molecule has 2 aromatic carbocycles. The van der Waals surface area contributed by atoms with Crippen molar-refractivity contribution in [2.24, 2.45) is 0 Å². The number of nitrogens with zero attached hydrogens (tertiary/aromatic N) is 3. The SMILES string of the molecule is Fc1ccc(Nc2nc(NCc3ccc(C(F)(F)F)cc3)nc(OCC(F)(F)F)n2)cc1Cl. The Hall–Kier alpha value is -3.35. The second-order valence-corrected chi connectivity index (χ2v) is 6.88. The van der Waals surface area contributed by atoms with Gasteiger partial charge in [-0.2, -0.15) is 41.3 Å². The zero-order valence-electron chi connectivity index (χ0n) is 16.2. The van der Waals surface area contributed by atoms with Gasteiger partial charge in [-0.25, -0.2) is 4.39 Å². The highest BCUT2D eigenvalue weighted by Crippen LogP contribution is 2.29. The molecule has 0 amide bonds. The second kappa shape index (κ2) is 9.65. The van der Waals surface area contributed by atoms with Crippen LogP contribution in [0, 0.1) is 5.82 Å². The Bertz CT molecular complexity index is 1110. The number of halogens is 8. The third-order valence-corrected chi connectivity index (χ3v) is 4.18. The Balaban J connectivity index is 1.79. The lowest BCUT2D eigenvalue weighted by atomic mass is 10.1. The summed E-state index contributed by atoms with van der Waals surface area (Å²) >= 11 is 5.70. The molecule has 0 bridgehead atoms. The van der Waals surface area contributed by atoms with Crippen LogP contribution in [0.4, 0.5) is 48.3 Å². The maximum Gasteiger partial charge on any atom is 0.422 e. The monoisotopic (exact) mass is 495 g/mol. The minimum Gasteiger partial charge on any atom is -0.454 e. The van der Waals surface area contributed by atoms with Gasteiger partial charge in [-0.15, -0.1) is 0 Å². The summed E-state index contributed by atoms with van der Waals surface area (Å²) in [6.07, 6.45) is -9.15. The second-order valence-electron chi connectivity index (χ2n) is 6.47. The quantitative estimate of drug-likeness (QED) is 0.393. The number of anilines is 3. The summed E-state index contributed by atoms with van der Waals surface area (Å²) in [6, 6.07) is 7.07. The fourth-order valence-electron chi connectivity index (χ4n) is 2.40. The van der Waals surface area contributed by atoms with Gasteiger partial charge in [-0.1, -0.05) is 23.7 Å². The van der Waals surface area contributed by atoms with E-state index in [0.29, 0.717) is 5.56 Å². The summed E-state index contributed by atoms with van der Waals surface area (Å²) in [7, 11) is 0. The van der Waals surface area contributed by atoms with Gasteiger partial charge < -0.3 is 15.4 Å². The molecule has 1 aromatic heterocycles. The third kappa shape index (κ3) is 7.34. The molecule has 0 radical (unpaired) electrons. The molecule has 2 N–H and O–H groups in total. The summed E-state index contributed by atoms with van der Waals surface area (Å²) in [5.74, 6) is -1.16. The smallest absolute Gasteiger partial charge is 0.422 e. The van der Waals surface area contributed by atoms with Gasteiger partial charge in [0.2, 0.25) is 11.9 Å². The molecule has 1 heterocycles. The van der Waals surface area contributed by atoms with Crippen molar-refractivity contribution in [2.45, 2.75) is 18.9 Å². The van der Waals surface area contributed by atoms with Crippen LogP contribution in [-0.2, 0) is 12.7 Å². The van der Waals surface area contributed by atoms with Gasteiger partial charge in [0.25, 0.3) is 0 Å². The molecule has 0 aliphatic carbocycles. The molecule has 14 heteroatoms. The number of hydrogen-bond donors (Lipinski definition) is 2. The predicted molar refractivity (Wildman–Crippen MR) is 105 cm³/mol. The van der Waals surface area contributed by atoms with Crippen LogP contribution in [0.3, 0.4) is 0 Å². The topological polar surface area (TPSA) is 72.0 Å². The van der Waals surface area contributed by atoms with Crippen molar-refractivity contribution in [1.29, 1.82) is 0 Å². The number of benzene rings is 2. The van der Waals surface area contributed by atoms with E-state index in [4.69, 9.17) is 11.6 Å². The van der Waals surface area contributed by atoms with Crippen molar-refractivity contribution in [1.82, 2.24) is 15.0 Å². The lowest BCUT2D eigenvalue weighted by molar-refractivity contribution is -0.154. The van der Waals surface area contributed by atoms with Crippen LogP contribution in [0.25, 0.3) is 0 Å². The lowest BCUT2D eigenvalue weighted by Gasteiger charge is -2.12. The number of aromatic nitrogens is 3. The van der Waals surface area contributed by atoms with Crippen molar-refractivity contribution in [2.75, 3.05) is 17.2 Å². The highest BCUT2D eigenvalue weighted by atomic mass is 35.5. The van der Waals surface area contributed by atoms with E-state index < -0.39 is 36.4 Å². The molecule has 0 aliphatic heterocycles. The lowest BCUT2D eigenvalue weighted by Crippen LogP contribution is -2.21. The fraction of sp³-hybridized carbons (Fsp3) is 0.211. The summed E-state index contributed by atoms with van der Waals surface area (Å²) in [5, 5.41) is 5.09. The Morgan fingerprint density at radius 1 is 0.879 bits per heavy atom. The van der Waals surface area contributed by atoms with Crippen molar-refractivity contribution >= 4 is 29.2 Å². The zero-order valence-corrected chi connectivity index (χ0v) is 17.0. The maximum atomic E-state index is 13.3. The van der Waals surface area contributed by atoms with Gasteiger partial charge in [0, 0.05) is 12.2 Å². The normalized spacial score (nSPS) is 11.9. The van der Waals surface area contributed by atoms with Crippen LogP contribution >= 0.6 is 11.6 Å². The van der Waals surface area contributed by atoms with E-state index in [-0.39, 0.29) is 29.2 Å². The highest BCUT2D eigenvalue weighted by Gasteiger charge is 2.30. The van der Waals surface area contributed by atoms with Crippen LogP contribution in [0.2, 0.25) is 5.02 Å². The minimum absolute atomic E-state index is 0.0529. The molecule has 3 rings (SSSR count). The minimum atomic E-state index is -4.65. The molecule has 33 heavy (non-hydrogen) atoms. The highest BCUT2D eigenvalue weighted by molar-refractivity contribution is 6.31. The molecular formula is C19H13ClF7N5O. The molecular weight excluding hydrogens is 483 g/mol. The van der Waals surface area contributed by atoms with E-state index >= 15 is 0 Å². The number of rotatable bonds is 7. The van der Waals surface area contributed by atoms with Gasteiger partial charge >= 0.3 is 18.4 Å². The Labute approximate surface area is 186 Å². The van der Waals surface area contributed by atoms with Crippen molar-refractivity contribution in [3.8, 4) is 6.01 Å². The molecule has 0 atom stereocenters. The number of nitrogens with one attached hydrogen (secondary N) is 2. The maximum absolute atomic E-state index is 13.3. The van der Waals surface area contributed by atoms with Gasteiger partial charge in [0.1, 0.15) is 5.82 Å². The molecule has 176 valence electrons. The molecule has 6 nitrogen and oxygen atoms in total. The first-order valence-corrected chi connectivity index (χ1v) is 9.34. The van der Waals surface area contributed by atoms with Crippen LogP contribution in [0.15, 0.2) is 42.5 Å². The van der Waals surface area contributed by atoms with Gasteiger partial charge in [-0.3, -0.25) is 0 Å². The van der Waals surface area contributed by atoms with Crippen molar-refractivity contribution in [3.05, 3.63) is 64.4 Å². The van der Waals surface area contributed by atoms with E-state index in [1.807, 2.05) is 0 Å². The van der Waals surface area contributed by atoms with Crippen LogP contribution in [-0.4, -0.2) is 27.7 Å². The number of ether oxygens (including phenoxy) is 1. The molecule has 0 aliphatic rings. The van der Waals surface area contributed by atoms with Crippen molar-refractivity contribution in [3.63, 3.8) is 0 Å². The molecule has 0 saturated carbocycles. The van der Waals surface area contributed by atoms with Crippen LogP contribution in [0.5, 0.6) is 6.01 Å². The average Bonchev–Trinajstić information content (AvgIpc) is 2.73. The fourth-order valence-corrected chi connectivity index (χ4v) is 2.58. The largest absolute Gasteiger partial charge is 0.454 e. The zero-order chi connectivity index (χ0) is 24.2. The molecule has 0 unspecified atom stereocenters. The summed E-state index contributed by atoms with van der Waals surface area (Å²) < 4.78 is 93.4. The van der Waals surface area contributed by atoms with Gasteiger partial charge in [0.15, 0.2) is 6.61 Å². The molecule has 0 saturated heterocycles. The average molecular weight is 496 g/mol. The molecule has 0 spiro atoms. The first-order valence-electron chi connectivity index (χ1n) is 8.97. The standard InChI is InChI=1S/C19H13ClF7N5O/c20-13-7-12(5-6-14(13)21)29-16-30-15(31-17(32-16)33-9-18(22,23)24)28-8-10-1-3-11(4-2-10)19(25,26)27/h1-7H,8-9H2,(H2,28,29,30,31,32). The Kier molecular flexibility index (Phi) is 7.10. The Morgan fingerprint density at radius 2 is 1.55 bits per heavy atom. The van der Waals surface area contributed by atoms with Crippen LogP contribution in [0.1, 0.15) is 11.1 Å².